The van der Waals surface area contributed by atoms with Gasteiger partial charge >= 0.3 is 0 Å². The Morgan fingerprint density at radius 1 is 1.16 bits per heavy atom. The lowest BCUT2D eigenvalue weighted by atomic mass is 9.99. The maximum absolute atomic E-state index is 12.2. The summed E-state index contributed by atoms with van der Waals surface area (Å²) in [7, 11) is 0. The number of carbonyl (C=O) groups is 1. The molecular formula is C16H18N2O. The van der Waals surface area contributed by atoms with Crippen molar-refractivity contribution < 1.29 is 4.79 Å². The van der Waals surface area contributed by atoms with Crippen LogP contribution in [0.5, 0.6) is 0 Å². The molecule has 0 atom stereocenters. The van der Waals surface area contributed by atoms with E-state index >= 15 is 0 Å². The van der Waals surface area contributed by atoms with Gasteiger partial charge in [0.05, 0.1) is 12.2 Å². The van der Waals surface area contributed by atoms with Gasteiger partial charge in [-0.25, -0.2) is 0 Å². The molecule has 1 heterocycles. The van der Waals surface area contributed by atoms with E-state index in [-0.39, 0.29) is 5.91 Å². The van der Waals surface area contributed by atoms with E-state index in [1.165, 1.54) is 5.56 Å². The topological polar surface area (TPSA) is 42.0 Å². The zero-order chi connectivity index (χ0) is 13.8. The predicted octanol–water partition coefficient (Wildman–Crippen LogP) is 2.94. The van der Waals surface area contributed by atoms with E-state index in [0.717, 1.165) is 22.4 Å². The number of nitrogens with one attached hydrogen (secondary N) is 1. The van der Waals surface area contributed by atoms with Crippen molar-refractivity contribution in [1.29, 1.82) is 0 Å². The summed E-state index contributed by atoms with van der Waals surface area (Å²) in [6.07, 6.45) is 1.73. The minimum absolute atomic E-state index is 0.0411. The first-order valence-corrected chi connectivity index (χ1v) is 6.34. The monoisotopic (exact) mass is 254 g/mol. The second kappa shape index (κ2) is 5.65. The summed E-state index contributed by atoms with van der Waals surface area (Å²) in [6, 6.07) is 9.73. The van der Waals surface area contributed by atoms with Crippen molar-refractivity contribution in [2.24, 2.45) is 0 Å². The highest BCUT2D eigenvalue weighted by Crippen LogP contribution is 2.16. The van der Waals surface area contributed by atoms with Crippen LogP contribution in [0, 0.1) is 20.8 Å². The Morgan fingerprint density at radius 3 is 2.42 bits per heavy atom. The highest BCUT2D eigenvalue weighted by molar-refractivity contribution is 5.97. The van der Waals surface area contributed by atoms with Crippen molar-refractivity contribution in [2.75, 3.05) is 0 Å². The molecule has 3 nitrogen and oxygen atoms in total. The Bertz CT molecular complexity index is 568. The van der Waals surface area contributed by atoms with Crippen LogP contribution in [0.15, 0.2) is 36.5 Å². The summed E-state index contributed by atoms with van der Waals surface area (Å²) in [5.41, 5.74) is 4.82. The Kier molecular flexibility index (Phi) is 3.95. The quantitative estimate of drug-likeness (QED) is 0.915. The molecule has 3 heteroatoms. The van der Waals surface area contributed by atoms with Gasteiger partial charge in [-0.05, 0) is 44.0 Å². The predicted molar refractivity (Wildman–Crippen MR) is 76.1 cm³/mol. The summed E-state index contributed by atoms with van der Waals surface area (Å²) >= 11 is 0. The van der Waals surface area contributed by atoms with Gasteiger partial charge in [0.1, 0.15) is 0 Å². The van der Waals surface area contributed by atoms with Gasteiger partial charge in [0.25, 0.3) is 5.91 Å². The van der Waals surface area contributed by atoms with E-state index in [9.17, 15) is 4.79 Å². The average Bonchev–Trinajstić information content (AvgIpc) is 2.36. The summed E-state index contributed by atoms with van der Waals surface area (Å²) < 4.78 is 0. The van der Waals surface area contributed by atoms with Crippen molar-refractivity contribution >= 4 is 5.91 Å². The van der Waals surface area contributed by atoms with Gasteiger partial charge in [0.15, 0.2) is 0 Å². The van der Waals surface area contributed by atoms with Crippen LogP contribution in [-0.2, 0) is 6.54 Å². The van der Waals surface area contributed by atoms with Crippen LogP contribution in [0.4, 0.5) is 0 Å². The maximum atomic E-state index is 12.2. The Labute approximate surface area is 113 Å². The zero-order valence-electron chi connectivity index (χ0n) is 11.5. The van der Waals surface area contributed by atoms with Gasteiger partial charge in [-0.1, -0.05) is 23.8 Å². The molecule has 0 saturated heterocycles. The first kappa shape index (κ1) is 13.3. The lowest BCUT2D eigenvalue weighted by Crippen LogP contribution is -2.25. The third-order valence-electron chi connectivity index (χ3n) is 3.06. The number of aromatic nitrogens is 1. The minimum Gasteiger partial charge on any atom is -0.346 e. The highest BCUT2D eigenvalue weighted by atomic mass is 16.1. The van der Waals surface area contributed by atoms with Gasteiger partial charge in [0, 0.05) is 11.8 Å². The van der Waals surface area contributed by atoms with E-state index in [1.807, 2.05) is 51.1 Å². The van der Waals surface area contributed by atoms with Crippen molar-refractivity contribution in [3.63, 3.8) is 0 Å². The Hall–Kier alpha value is -2.16. The SMILES string of the molecule is Cc1cc(C)c(C(=O)NCc2ccccn2)c(C)c1. The number of amides is 1. The fourth-order valence-corrected chi connectivity index (χ4v) is 2.30. The number of hydrogen-bond donors (Lipinski definition) is 1. The number of nitrogens with zero attached hydrogens (tertiary/aromatic N) is 1. The van der Waals surface area contributed by atoms with E-state index in [1.54, 1.807) is 6.20 Å². The molecule has 19 heavy (non-hydrogen) atoms. The number of carbonyl (C=O) groups excluding carboxylic acids is 1. The third kappa shape index (κ3) is 3.19. The van der Waals surface area contributed by atoms with E-state index < -0.39 is 0 Å². The third-order valence-corrected chi connectivity index (χ3v) is 3.06. The lowest BCUT2D eigenvalue weighted by Gasteiger charge is -2.11. The molecule has 0 aliphatic heterocycles. The smallest absolute Gasteiger partial charge is 0.252 e. The average molecular weight is 254 g/mol. The molecule has 1 amide bonds. The van der Waals surface area contributed by atoms with Crippen molar-refractivity contribution in [3.8, 4) is 0 Å². The van der Waals surface area contributed by atoms with E-state index in [0.29, 0.717) is 6.54 Å². The van der Waals surface area contributed by atoms with Gasteiger partial charge in [-0.3, -0.25) is 9.78 Å². The van der Waals surface area contributed by atoms with Crippen LogP contribution in [-0.4, -0.2) is 10.9 Å². The van der Waals surface area contributed by atoms with Gasteiger partial charge in [-0.2, -0.15) is 0 Å². The van der Waals surface area contributed by atoms with Crippen LogP contribution < -0.4 is 5.32 Å². The van der Waals surface area contributed by atoms with Gasteiger partial charge < -0.3 is 5.32 Å². The Morgan fingerprint density at radius 2 is 1.84 bits per heavy atom. The van der Waals surface area contributed by atoms with Crippen molar-refractivity contribution in [1.82, 2.24) is 10.3 Å². The van der Waals surface area contributed by atoms with Crippen LogP contribution >= 0.6 is 0 Å². The second-order valence-electron chi connectivity index (χ2n) is 4.78. The molecule has 0 aliphatic rings. The molecule has 0 unspecified atom stereocenters. The number of pyridine rings is 1. The fraction of sp³-hybridized carbons (Fsp3) is 0.250. The van der Waals surface area contributed by atoms with Crippen molar-refractivity contribution in [3.05, 3.63) is 64.5 Å². The van der Waals surface area contributed by atoms with Gasteiger partial charge in [-0.15, -0.1) is 0 Å². The largest absolute Gasteiger partial charge is 0.346 e. The molecule has 98 valence electrons. The molecule has 1 aromatic heterocycles. The first-order chi connectivity index (χ1) is 9.08. The normalized spacial score (nSPS) is 10.3. The summed E-state index contributed by atoms with van der Waals surface area (Å²) in [4.78, 5) is 16.4. The number of hydrogen-bond acceptors (Lipinski definition) is 2. The molecule has 2 rings (SSSR count). The number of benzene rings is 1. The molecule has 0 fully saturated rings. The molecule has 0 radical (unpaired) electrons. The molecule has 2 aromatic rings. The van der Waals surface area contributed by atoms with Crippen LogP contribution in [0.2, 0.25) is 0 Å². The molecule has 1 N–H and O–H groups in total. The van der Waals surface area contributed by atoms with E-state index in [2.05, 4.69) is 10.3 Å². The van der Waals surface area contributed by atoms with Crippen molar-refractivity contribution in [2.45, 2.75) is 27.3 Å². The maximum Gasteiger partial charge on any atom is 0.252 e. The minimum atomic E-state index is -0.0411. The van der Waals surface area contributed by atoms with Crippen LogP contribution in [0.25, 0.3) is 0 Å². The molecule has 0 saturated carbocycles. The molecule has 1 aromatic carbocycles. The summed E-state index contributed by atoms with van der Waals surface area (Å²) in [5, 5.41) is 2.91. The number of aryl methyl sites for hydroxylation is 3. The van der Waals surface area contributed by atoms with Gasteiger partial charge in [0.2, 0.25) is 0 Å². The highest BCUT2D eigenvalue weighted by Gasteiger charge is 2.12. The standard InChI is InChI=1S/C16H18N2O/c1-11-8-12(2)15(13(3)9-11)16(19)18-10-14-6-4-5-7-17-14/h4-9H,10H2,1-3H3,(H,18,19). The van der Waals surface area contributed by atoms with Crippen LogP contribution in [0.1, 0.15) is 32.7 Å². The summed E-state index contributed by atoms with van der Waals surface area (Å²) in [5.74, 6) is -0.0411. The zero-order valence-corrected chi connectivity index (χ0v) is 11.5. The summed E-state index contributed by atoms with van der Waals surface area (Å²) in [6.45, 7) is 6.42. The molecular weight excluding hydrogens is 236 g/mol. The van der Waals surface area contributed by atoms with E-state index in [4.69, 9.17) is 0 Å². The molecule has 0 spiro atoms. The first-order valence-electron chi connectivity index (χ1n) is 6.34. The lowest BCUT2D eigenvalue weighted by molar-refractivity contribution is 0.0949. The molecule has 0 bridgehead atoms. The fourth-order valence-electron chi connectivity index (χ4n) is 2.30. The number of rotatable bonds is 3. The second-order valence-corrected chi connectivity index (χ2v) is 4.78. The molecule has 0 aliphatic carbocycles. The Balaban J connectivity index is 2.13. The van der Waals surface area contributed by atoms with Crippen LogP contribution in [0.3, 0.4) is 0 Å².